The van der Waals surface area contributed by atoms with Crippen molar-refractivity contribution in [2.45, 2.75) is 12.5 Å². The zero-order valence-electron chi connectivity index (χ0n) is 12.5. The maximum Gasteiger partial charge on any atom is 0.212 e. The lowest BCUT2D eigenvalue weighted by Crippen LogP contribution is -2.14. The fraction of sp³-hybridized carbons (Fsp3) is 0.312. The van der Waals surface area contributed by atoms with Gasteiger partial charge in [0.15, 0.2) is 0 Å². The van der Waals surface area contributed by atoms with E-state index in [9.17, 15) is 0 Å². The normalized spacial score (nSPS) is 11.8. The van der Waals surface area contributed by atoms with Crippen molar-refractivity contribution in [1.29, 1.82) is 0 Å². The van der Waals surface area contributed by atoms with Crippen LogP contribution in [0.1, 0.15) is 17.2 Å². The Morgan fingerprint density at radius 2 is 1.86 bits per heavy atom. The standard InChI is InChI=1S/C16H20N2O3/c1-19-12-5-6-13(15(9-12)20-2)14(17)8-11-4-7-16(21-3)18-10-11/h4-7,9-10,14H,8,17H2,1-3H3. The molecule has 0 spiro atoms. The maximum absolute atomic E-state index is 6.29. The lowest BCUT2D eigenvalue weighted by Gasteiger charge is -2.16. The van der Waals surface area contributed by atoms with Crippen molar-refractivity contribution in [3.63, 3.8) is 0 Å². The van der Waals surface area contributed by atoms with Gasteiger partial charge >= 0.3 is 0 Å². The zero-order chi connectivity index (χ0) is 15.2. The summed E-state index contributed by atoms with van der Waals surface area (Å²) in [4.78, 5) is 4.18. The van der Waals surface area contributed by atoms with Crippen molar-refractivity contribution in [3.05, 3.63) is 47.7 Å². The Bertz CT molecular complexity index is 585. The number of aromatic nitrogens is 1. The van der Waals surface area contributed by atoms with Gasteiger partial charge in [0, 0.05) is 29.9 Å². The van der Waals surface area contributed by atoms with Crippen molar-refractivity contribution in [2.24, 2.45) is 5.73 Å². The molecule has 0 amide bonds. The van der Waals surface area contributed by atoms with Crippen molar-refractivity contribution in [2.75, 3.05) is 21.3 Å². The van der Waals surface area contributed by atoms with Crippen molar-refractivity contribution >= 4 is 0 Å². The number of nitrogens with zero attached hydrogens (tertiary/aromatic N) is 1. The first-order valence-corrected chi connectivity index (χ1v) is 6.64. The summed E-state index contributed by atoms with van der Waals surface area (Å²) < 4.78 is 15.6. The van der Waals surface area contributed by atoms with Gasteiger partial charge in [0.2, 0.25) is 5.88 Å². The molecule has 112 valence electrons. The molecule has 0 fully saturated rings. The first-order chi connectivity index (χ1) is 10.2. The van der Waals surface area contributed by atoms with E-state index in [-0.39, 0.29) is 6.04 Å². The minimum absolute atomic E-state index is 0.180. The molecule has 1 aromatic carbocycles. The van der Waals surface area contributed by atoms with E-state index in [0.717, 1.165) is 22.6 Å². The second-order valence-electron chi connectivity index (χ2n) is 4.63. The number of pyridine rings is 1. The molecule has 1 heterocycles. The van der Waals surface area contributed by atoms with Gasteiger partial charge < -0.3 is 19.9 Å². The first-order valence-electron chi connectivity index (χ1n) is 6.64. The van der Waals surface area contributed by atoms with Gasteiger partial charge in [-0.05, 0) is 18.1 Å². The molecule has 5 heteroatoms. The minimum Gasteiger partial charge on any atom is -0.497 e. The van der Waals surface area contributed by atoms with Gasteiger partial charge in [0.1, 0.15) is 11.5 Å². The molecular formula is C16H20N2O3. The smallest absolute Gasteiger partial charge is 0.212 e. The van der Waals surface area contributed by atoms with Gasteiger partial charge in [-0.15, -0.1) is 0 Å². The van der Waals surface area contributed by atoms with E-state index in [4.69, 9.17) is 19.9 Å². The second-order valence-corrected chi connectivity index (χ2v) is 4.63. The largest absolute Gasteiger partial charge is 0.497 e. The maximum atomic E-state index is 6.29. The number of ether oxygens (including phenoxy) is 3. The molecule has 0 radical (unpaired) electrons. The van der Waals surface area contributed by atoms with Crippen molar-refractivity contribution < 1.29 is 14.2 Å². The number of hydrogen-bond acceptors (Lipinski definition) is 5. The van der Waals surface area contributed by atoms with E-state index < -0.39 is 0 Å². The second kappa shape index (κ2) is 6.95. The number of rotatable bonds is 6. The molecule has 1 unspecified atom stereocenters. The summed E-state index contributed by atoms with van der Waals surface area (Å²) >= 11 is 0. The Hall–Kier alpha value is -2.27. The summed E-state index contributed by atoms with van der Waals surface area (Å²) in [5.41, 5.74) is 8.27. The minimum atomic E-state index is -0.180. The Kier molecular flexibility index (Phi) is 5.00. The molecule has 1 atom stereocenters. The highest BCUT2D eigenvalue weighted by Crippen LogP contribution is 2.30. The molecule has 2 N–H and O–H groups in total. The predicted molar refractivity (Wildman–Crippen MR) is 81.0 cm³/mol. The Labute approximate surface area is 124 Å². The van der Waals surface area contributed by atoms with Gasteiger partial charge in [0.25, 0.3) is 0 Å². The molecule has 0 aliphatic carbocycles. The molecule has 5 nitrogen and oxygen atoms in total. The quantitative estimate of drug-likeness (QED) is 0.883. The molecule has 0 aliphatic rings. The number of benzene rings is 1. The Morgan fingerprint density at radius 1 is 1.05 bits per heavy atom. The highest BCUT2D eigenvalue weighted by Gasteiger charge is 2.14. The summed E-state index contributed by atoms with van der Waals surface area (Å²) in [5, 5.41) is 0. The third-order valence-corrected chi connectivity index (χ3v) is 3.30. The van der Waals surface area contributed by atoms with Crippen LogP contribution in [0.15, 0.2) is 36.5 Å². The van der Waals surface area contributed by atoms with Crippen LogP contribution in [0.5, 0.6) is 17.4 Å². The molecular weight excluding hydrogens is 268 g/mol. The number of hydrogen-bond donors (Lipinski definition) is 1. The molecule has 2 aromatic rings. The lowest BCUT2D eigenvalue weighted by atomic mass is 9.99. The summed E-state index contributed by atoms with van der Waals surface area (Å²) in [6, 6.07) is 9.25. The monoisotopic (exact) mass is 288 g/mol. The molecule has 0 saturated heterocycles. The molecule has 0 bridgehead atoms. The van der Waals surface area contributed by atoms with E-state index >= 15 is 0 Å². The van der Waals surface area contributed by atoms with Gasteiger partial charge in [-0.25, -0.2) is 4.98 Å². The van der Waals surface area contributed by atoms with Crippen LogP contribution in [-0.4, -0.2) is 26.3 Å². The highest BCUT2D eigenvalue weighted by atomic mass is 16.5. The topological polar surface area (TPSA) is 66.6 Å². The van der Waals surface area contributed by atoms with E-state index in [1.54, 1.807) is 27.5 Å². The summed E-state index contributed by atoms with van der Waals surface area (Å²) in [7, 11) is 4.84. The van der Waals surface area contributed by atoms with Crippen LogP contribution < -0.4 is 19.9 Å². The average molecular weight is 288 g/mol. The SMILES string of the molecule is COc1ccc(C(N)Cc2ccc(OC)nc2)c(OC)c1. The molecule has 0 aliphatic heterocycles. The molecule has 21 heavy (non-hydrogen) atoms. The summed E-state index contributed by atoms with van der Waals surface area (Å²) in [6.07, 6.45) is 2.44. The van der Waals surface area contributed by atoms with Crippen LogP contribution >= 0.6 is 0 Å². The highest BCUT2D eigenvalue weighted by molar-refractivity contribution is 5.43. The van der Waals surface area contributed by atoms with Crippen LogP contribution in [0, 0.1) is 0 Å². The van der Waals surface area contributed by atoms with E-state index in [1.165, 1.54) is 0 Å². The average Bonchev–Trinajstić information content (AvgIpc) is 2.54. The number of methoxy groups -OCH3 is 3. The van der Waals surface area contributed by atoms with Crippen molar-refractivity contribution in [1.82, 2.24) is 4.98 Å². The molecule has 0 saturated carbocycles. The third-order valence-electron chi connectivity index (χ3n) is 3.30. The van der Waals surface area contributed by atoms with Crippen LogP contribution in [0.25, 0.3) is 0 Å². The molecule has 1 aromatic heterocycles. The van der Waals surface area contributed by atoms with Crippen LogP contribution in [0.2, 0.25) is 0 Å². The van der Waals surface area contributed by atoms with Crippen molar-refractivity contribution in [3.8, 4) is 17.4 Å². The Morgan fingerprint density at radius 3 is 2.43 bits per heavy atom. The third kappa shape index (κ3) is 3.64. The number of nitrogens with two attached hydrogens (primary N) is 1. The predicted octanol–water partition coefficient (Wildman–Crippen LogP) is 2.35. The van der Waals surface area contributed by atoms with E-state index in [2.05, 4.69) is 4.98 Å². The van der Waals surface area contributed by atoms with Crippen LogP contribution in [0.4, 0.5) is 0 Å². The summed E-state index contributed by atoms with van der Waals surface area (Å²) in [6.45, 7) is 0. The fourth-order valence-corrected chi connectivity index (χ4v) is 2.14. The van der Waals surface area contributed by atoms with Gasteiger partial charge in [0.05, 0.1) is 21.3 Å². The van der Waals surface area contributed by atoms with Gasteiger partial charge in [-0.3, -0.25) is 0 Å². The van der Waals surface area contributed by atoms with E-state index in [1.807, 2.05) is 30.3 Å². The Balaban J connectivity index is 2.17. The van der Waals surface area contributed by atoms with Crippen LogP contribution in [-0.2, 0) is 6.42 Å². The van der Waals surface area contributed by atoms with Crippen LogP contribution in [0.3, 0.4) is 0 Å². The van der Waals surface area contributed by atoms with Gasteiger partial charge in [-0.1, -0.05) is 12.1 Å². The molecule has 2 rings (SSSR count). The summed E-state index contributed by atoms with van der Waals surface area (Å²) in [5.74, 6) is 2.06. The lowest BCUT2D eigenvalue weighted by molar-refractivity contribution is 0.388. The zero-order valence-corrected chi connectivity index (χ0v) is 12.5. The van der Waals surface area contributed by atoms with E-state index in [0.29, 0.717) is 12.3 Å². The van der Waals surface area contributed by atoms with Gasteiger partial charge in [-0.2, -0.15) is 0 Å². The fourth-order valence-electron chi connectivity index (χ4n) is 2.14. The first kappa shape index (κ1) is 15.1.